The van der Waals surface area contributed by atoms with E-state index >= 15 is 0 Å². The molecule has 0 saturated carbocycles. The molecule has 0 amide bonds. The van der Waals surface area contributed by atoms with Crippen LogP contribution in [0.2, 0.25) is 0 Å². The van der Waals surface area contributed by atoms with E-state index in [-0.39, 0.29) is 0 Å². The van der Waals surface area contributed by atoms with Crippen LogP contribution in [-0.4, -0.2) is 9.55 Å². The minimum atomic E-state index is 0.733. The molecule has 1 heterocycles. The lowest BCUT2D eigenvalue weighted by Crippen LogP contribution is -2.04. The highest BCUT2D eigenvalue weighted by Crippen LogP contribution is 2.24. The molecule has 1 atom stereocenters. The van der Waals surface area contributed by atoms with Gasteiger partial charge in [-0.05, 0) is 25.2 Å². The van der Waals surface area contributed by atoms with Crippen LogP contribution in [0, 0.1) is 5.92 Å². The first-order chi connectivity index (χ1) is 5.86. The second-order valence-corrected chi connectivity index (χ2v) is 3.50. The van der Waals surface area contributed by atoms with E-state index in [1.807, 2.05) is 18.7 Å². The highest BCUT2D eigenvalue weighted by molar-refractivity contribution is 5.46. The van der Waals surface area contributed by atoms with Gasteiger partial charge in [0.05, 0.1) is 6.33 Å². The predicted octanol–water partition coefficient (Wildman–Crippen LogP) is 2.54. The van der Waals surface area contributed by atoms with Crippen LogP contribution >= 0.6 is 0 Å². The van der Waals surface area contributed by atoms with Crippen molar-refractivity contribution in [3.63, 3.8) is 0 Å². The Bertz CT molecular complexity index is 272. The van der Waals surface area contributed by atoms with Gasteiger partial charge in [-0.3, -0.25) is 0 Å². The van der Waals surface area contributed by atoms with E-state index in [1.165, 1.54) is 25.0 Å². The summed E-state index contributed by atoms with van der Waals surface area (Å²) in [5.74, 6) is 0.733. The van der Waals surface area contributed by atoms with E-state index in [4.69, 9.17) is 0 Å². The molecule has 0 aromatic carbocycles. The second-order valence-electron chi connectivity index (χ2n) is 3.50. The van der Waals surface area contributed by atoms with Gasteiger partial charge >= 0.3 is 0 Å². The monoisotopic (exact) mass is 162 g/mol. The van der Waals surface area contributed by atoms with E-state index in [0.29, 0.717) is 0 Å². The number of imidazole rings is 1. The average molecular weight is 162 g/mol. The van der Waals surface area contributed by atoms with Gasteiger partial charge in [-0.2, -0.15) is 0 Å². The number of rotatable bonds is 1. The smallest absolute Gasteiger partial charge is 0.0989 e. The Labute approximate surface area is 72.9 Å². The molecule has 12 heavy (non-hydrogen) atoms. The molecule has 1 unspecified atom stereocenters. The van der Waals surface area contributed by atoms with E-state index in [0.717, 1.165) is 5.92 Å². The van der Waals surface area contributed by atoms with Crippen LogP contribution in [0.1, 0.15) is 26.2 Å². The average Bonchev–Trinajstić information content (AvgIpc) is 2.56. The molecular formula is C10H14N2. The molecule has 2 nitrogen and oxygen atoms in total. The molecule has 1 aliphatic rings. The predicted molar refractivity (Wildman–Crippen MR) is 49.5 cm³/mol. The summed E-state index contributed by atoms with van der Waals surface area (Å²) in [5.41, 5.74) is 1.41. The van der Waals surface area contributed by atoms with Crippen LogP contribution < -0.4 is 0 Å². The number of hydrogen-bond donors (Lipinski definition) is 0. The quantitative estimate of drug-likeness (QED) is 0.620. The van der Waals surface area contributed by atoms with E-state index in [2.05, 4.69) is 22.6 Å². The fourth-order valence-corrected chi connectivity index (χ4v) is 1.74. The van der Waals surface area contributed by atoms with E-state index in [1.54, 1.807) is 0 Å². The lowest BCUT2D eigenvalue weighted by atomic mass is 9.95. The molecule has 0 spiro atoms. The molecule has 1 aromatic heterocycles. The lowest BCUT2D eigenvalue weighted by Gasteiger charge is -2.17. The first-order valence-corrected chi connectivity index (χ1v) is 4.55. The van der Waals surface area contributed by atoms with E-state index in [9.17, 15) is 0 Å². The molecule has 0 N–H and O–H groups in total. The molecule has 1 aliphatic carbocycles. The van der Waals surface area contributed by atoms with Crippen LogP contribution in [0.25, 0.3) is 5.70 Å². The molecule has 1 aromatic rings. The lowest BCUT2D eigenvalue weighted by molar-refractivity contribution is 0.581. The minimum absolute atomic E-state index is 0.733. The van der Waals surface area contributed by atoms with Crippen molar-refractivity contribution in [2.45, 2.75) is 26.2 Å². The second kappa shape index (κ2) is 3.13. The van der Waals surface area contributed by atoms with Crippen molar-refractivity contribution in [2.75, 3.05) is 0 Å². The van der Waals surface area contributed by atoms with Crippen molar-refractivity contribution in [3.8, 4) is 0 Å². The Morgan fingerprint density at radius 3 is 3.17 bits per heavy atom. The minimum Gasteiger partial charge on any atom is -0.310 e. The standard InChI is InChI=1S/C10H14N2/c1-9-3-2-4-10(7-9)12-6-5-11-8-12/h5-9H,2-4H2,1H3. The van der Waals surface area contributed by atoms with Gasteiger partial charge in [0.2, 0.25) is 0 Å². The third-order valence-electron chi connectivity index (χ3n) is 2.41. The van der Waals surface area contributed by atoms with Crippen LogP contribution in [0.15, 0.2) is 24.8 Å². The van der Waals surface area contributed by atoms with Crippen LogP contribution in [0.4, 0.5) is 0 Å². The highest BCUT2D eigenvalue weighted by Gasteiger charge is 2.09. The van der Waals surface area contributed by atoms with Crippen molar-refractivity contribution in [1.29, 1.82) is 0 Å². The Morgan fingerprint density at radius 2 is 2.50 bits per heavy atom. The maximum atomic E-state index is 4.04. The summed E-state index contributed by atoms with van der Waals surface area (Å²) in [4.78, 5) is 4.04. The molecule has 0 aliphatic heterocycles. The van der Waals surface area contributed by atoms with Gasteiger partial charge in [-0.1, -0.05) is 13.0 Å². The summed E-state index contributed by atoms with van der Waals surface area (Å²) < 4.78 is 2.12. The van der Waals surface area contributed by atoms with Crippen molar-refractivity contribution in [1.82, 2.24) is 9.55 Å². The Morgan fingerprint density at radius 1 is 1.58 bits per heavy atom. The maximum absolute atomic E-state index is 4.04. The molecule has 2 heteroatoms. The van der Waals surface area contributed by atoms with Gasteiger partial charge in [0.25, 0.3) is 0 Å². The fourth-order valence-electron chi connectivity index (χ4n) is 1.74. The summed E-state index contributed by atoms with van der Waals surface area (Å²) >= 11 is 0. The largest absolute Gasteiger partial charge is 0.310 e. The Balaban J connectivity index is 2.23. The summed E-state index contributed by atoms with van der Waals surface area (Å²) in [6.07, 6.45) is 11.9. The molecule has 0 bridgehead atoms. The van der Waals surface area contributed by atoms with Crippen molar-refractivity contribution in [2.24, 2.45) is 5.92 Å². The topological polar surface area (TPSA) is 17.8 Å². The molecule has 0 radical (unpaired) electrons. The third kappa shape index (κ3) is 1.42. The summed E-state index contributed by atoms with van der Waals surface area (Å²) in [6.45, 7) is 2.27. The summed E-state index contributed by atoms with van der Waals surface area (Å²) in [6, 6.07) is 0. The normalized spacial score (nSPS) is 23.8. The van der Waals surface area contributed by atoms with E-state index < -0.39 is 0 Å². The Kier molecular flexibility index (Phi) is 1.98. The molecule has 0 fully saturated rings. The first-order valence-electron chi connectivity index (χ1n) is 4.55. The number of nitrogens with zero attached hydrogens (tertiary/aromatic N) is 2. The van der Waals surface area contributed by atoms with Crippen LogP contribution in [0.5, 0.6) is 0 Å². The van der Waals surface area contributed by atoms with Gasteiger partial charge < -0.3 is 4.57 Å². The molecular weight excluding hydrogens is 148 g/mol. The van der Waals surface area contributed by atoms with Gasteiger partial charge in [0.15, 0.2) is 0 Å². The van der Waals surface area contributed by atoms with Crippen molar-refractivity contribution >= 4 is 5.70 Å². The van der Waals surface area contributed by atoms with Crippen molar-refractivity contribution < 1.29 is 0 Å². The molecule has 64 valence electrons. The first kappa shape index (κ1) is 7.59. The zero-order chi connectivity index (χ0) is 8.39. The van der Waals surface area contributed by atoms with Gasteiger partial charge in [-0.15, -0.1) is 0 Å². The number of aromatic nitrogens is 2. The zero-order valence-corrected chi connectivity index (χ0v) is 7.40. The molecule has 2 rings (SSSR count). The number of allylic oxidation sites excluding steroid dienone is 2. The highest BCUT2D eigenvalue weighted by atomic mass is 15.0. The van der Waals surface area contributed by atoms with Crippen LogP contribution in [-0.2, 0) is 0 Å². The van der Waals surface area contributed by atoms with Gasteiger partial charge in [-0.25, -0.2) is 4.98 Å². The van der Waals surface area contributed by atoms with Crippen molar-refractivity contribution in [3.05, 3.63) is 24.8 Å². The number of hydrogen-bond acceptors (Lipinski definition) is 1. The third-order valence-corrected chi connectivity index (χ3v) is 2.41. The maximum Gasteiger partial charge on any atom is 0.0989 e. The van der Waals surface area contributed by atoms with Gasteiger partial charge in [0, 0.05) is 18.1 Å². The summed E-state index contributed by atoms with van der Waals surface area (Å²) in [5, 5.41) is 0. The Hall–Kier alpha value is -1.05. The zero-order valence-electron chi connectivity index (χ0n) is 7.40. The van der Waals surface area contributed by atoms with Gasteiger partial charge in [0.1, 0.15) is 0 Å². The molecule has 0 saturated heterocycles. The van der Waals surface area contributed by atoms with Crippen LogP contribution in [0.3, 0.4) is 0 Å². The SMILES string of the molecule is CC1C=C(n2ccnc2)CCC1. The fraction of sp³-hybridized carbons (Fsp3) is 0.500. The summed E-state index contributed by atoms with van der Waals surface area (Å²) in [7, 11) is 0.